The van der Waals surface area contributed by atoms with E-state index in [1.807, 2.05) is 25.1 Å². The SMILES string of the molecule is CCCCOc1ccc(C(=O)NC(=S)Nc2ccc3nc(NC(=O)CCC)sc3c2)cc1. The summed E-state index contributed by atoms with van der Waals surface area (Å²) in [6.45, 7) is 4.72. The minimum Gasteiger partial charge on any atom is -0.494 e. The van der Waals surface area contributed by atoms with E-state index in [0.717, 1.165) is 40.9 Å². The Balaban J connectivity index is 1.56. The zero-order valence-corrected chi connectivity index (χ0v) is 19.7. The van der Waals surface area contributed by atoms with E-state index >= 15 is 0 Å². The predicted octanol–water partition coefficient (Wildman–Crippen LogP) is 5.34. The summed E-state index contributed by atoms with van der Waals surface area (Å²) < 4.78 is 6.51. The number of thiazole rings is 1. The molecule has 2 amide bonds. The van der Waals surface area contributed by atoms with Crippen LogP contribution in [0, 0.1) is 0 Å². The molecule has 0 aliphatic heterocycles. The zero-order valence-electron chi connectivity index (χ0n) is 18.1. The van der Waals surface area contributed by atoms with Crippen LogP contribution in [0.15, 0.2) is 42.5 Å². The Morgan fingerprint density at radius 3 is 2.56 bits per heavy atom. The number of carbonyl (C=O) groups excluding carboxylic acids is 2. The lowest BCUT2D eigenvalue weighted by atomic mass is 10.2. The number of thiocarbonyl (C=S) groups is 1. The van der Waals surface area contributed by atoms with Crippen molar-refractivity contribution in [2.75, 3.05) is 17.2 Å². The summed E-state index contributed by atoms with van der Waals surface area (Å²) in [7, 11) is 0. The lowest BCUT2D eigenvalue weighted by Gasteiger charge is -2.10. The molecule has 0 spiro atoms. The van der Waals surface area contributed by atoms with E-state index in [9.17, 15) is 9.59 Å². The van der Waals surface area contributed by atoms with Crippen molar-refractivity contribution in [3.05, 3.63) is 48.0 Å². The summed E-state index contributed by atoms with van der Waals surface area (Å²) >= 11 is 6.67. The molecule has 1 heterocycles. The van der Waals surface area contributed by atoms with Gasteiger partial charge in [-0.3, -0.25) is 14.9 Å². The van der Waals surface area contributed by atoms with E-state index in [-0.39, 0.29) is 16.9 Å². The quantitative estimate of drug-likeness (QED) is 0.289. The molecular weight excluding hydrogens is 444 g/mol. The van der Waals surface area contributed by atoms with Crippen LogP contribution >= 0.6 is 23.6 Å². The van der Waals surface area contributed by atoms with Crippen LogP contribution in [-0.4, -0.2) is 28.5 Å². The molecule has 2 aromatic carbocycles. The summed E-state index contributed by atoms with van der Waals surface area (Å²) in [5.74, 6) is 0.385. The Kier molecular flexibility index (Phi) is 8.52. The Morgan fingerprint density at radius 2 is 1.84 bits per heavy atom. The smallest absolute Gasteiger partial charge is 0.257 e. The highest BCUT2D eigenvalue weighted by Crippen LogP contribution is 2.28. The number of rotatable bonds is 9. The first-order valence-corrected chi connectivity index (χ1v) is 11.8. The van der Waals surface area contributed by atoms with Crippen molar-refractivity contribution < 1.29 is 14.3 Å². The second-order valence-corrected chi connectivity index (χ2v) is 8.57. The fourth-order valence-electron chi connectivity index (χ4n) is 2.84. The molecule has 3 rings (SSSR count). The summed E-state index contributed by atoms with van der Waals surface area (Å²) in [5, 5.41) is 9.27. The maximum Gasteiger partial charge on any atom is 0.257 e. The number of hydrogen-bond acceptors (Lipinski definition) is 6. The molecule has 7 nitrogen and oxygen atoms in total. The topological polar surface area (TPSA) is 92.3 Å². The standard InChI is InChI=1S/C23H26N4O3S2/c1-3-5-13-30-17-10-7-15(8-11-17)21(29)27-22(31)24-16-9-12-18-19(14-16)32-23(25-18)26-20(28)6-4-2/h7-12,14H,3-6,13H2,1-2H3,(H,25,26,28)(H2,24,27,29,31). The molecule has 0 aliphatic rings. The van der Waals surface area contributed by atoms with Gasteiger partial charge in [-0.25, -0.2) is 4.98 Å². The monoisotopic (exact) mass is 470 g/mol. The van der Waals surface area contributed by atoms with E-state index in [4.69, 9.17) is 17.0 Å². The minimum atomic E-state index is -0.303. The number of carbonyl (C=O) groups is 2. The summed E-state index contributed by atoms with van der Waals surface area (Å²) in [5.41, 5.74) is 1.99. The number of unbranched alkanes of at least 4 members (excludes halogenated alkanes) is 1. The van der Waals surface area contributed by atoms with Gasteiger partial charge in [0.2, 0.25) is 5.91 Å². The van der Waals surface area contributed by atoms with Crippen molar-refractivity contribution in [1.82, 2.24) is 10.3 Å². The highest BCUT2D eigenvalue weighted by Gasteiger charge is 2.11. The first kappa shape index (κ1) is 23.6. The number of fused-ring (bicyclic) bond motifs is 1. The van der Waals surface area contributed by atoms with Crippen molar-refractivity contribution in [3.63, 3.8) is 0 Å². The average molecular weight is 471 g/mol. The average Bonchev–Trinajstić information content (AvgIpc) is 3.15. The van der Waals surface area contributed by atoms with Crippen LogP contribution < -0.4 is 20.7 Å². The number of ether oxygens (including phenoxy) is 1. The molecular formula is C23H26N4O3S2. The molecule has 168 valence electrons. The third-order valence-electron chi connectivity index (χ3n) is 4.48. The van der Waals surface area contributed by atoms with Crippen LogP contribution in [0.4, 0.5) is 10.8 Å². The third kappa shape index (κ3) is 6.73. The molecule has 9 heteroatoms. The maximum atomic E-state index is 12.5. The summed E-state index contributed by atoms with van der Waals surface area (Å²) in [6.07, 6.45) is 3.30. The van der Waals surface area contributed by atoms with Crippen molar-refractivity contribution in [1.29, 1.82) is 0 Å². The van der Waals surface area contributed by atoms with Gasteiger partial charge >= 0.3 is 0 Å². The number of aromatic nitrogens is 1. The maximum absolute atomic E-state index is 12.5. The van der Waals surface area contributed by atoms with Gasteiger partial charge in [0, 0.05) is 17.7 Å². The zero-order chi connectivity index (χ0) is 22.9. The third-order valence-corrected chi connectivity index (χ3v) is 5.62. The number of hydrogen-bond donors (Lipinski definition) is 3. The fraction of sp³-hybridized carbons (Fsp3) is 0.304. The van der Waals surface area contributed by atoms with Gasteiger partial charge in [-0.05, 0) is 67.5 Å². The minimum absolute atomic E-state index is 0.0469. The van der Waals surface area contributed by atoms with Crippen molar-refractivity contribution in [2.24, 2.45) is 0 Å². The highest BCUT2D eigenvalue weighted by atomic mass is 32.1. The van der Waals surface area contributed by atoms with Gasteiger partial charge in [0.15, 0.2) is 10.2 Å². The lowest BCUT2D eigenvalue weighted by Crippen LogP contribution is -2.34. The van der Waals surface area contributed by atoms with Crippen LogP contribution in [-0.2, 0) is 4.79 Å². The second kappa shape index (κ2) is 11.5. The van der Waals surface area contributed by atoms with E-state index in [2.05, 4.69) is 27.9 Å². The number of anilines is 2. The molecule has 0 bridgehead atoms. The van der Waals surface area contributed by atoms with Gasteiger partial charge in [-0.15, -0.1) is 0 Å². The van der Waals surface area contributed by atoms with Gasteiger partial charge in [0.1, 0.15) is 5.75 Å². The van der Waals surface area contributed by atoms with E-state index in [1.54, 1.807) is 24.3 Å². The van der Waals surface area contributed by atoms with Crippen LogP contribution in [0.3, 0.4) is 0 Å². The lowest BCUT2D eigenvalue weighted by molar-refractivity contribution is -0.116. The van der Waals surface area contributed by atoms with Gasteiger partial charge in [-0.1, -0.05) is 31.6 Å². The van der Waals surface area contributed by atoms with Crippen LogP contribution in [0.2, 0.25) is 0 Å². The summed E-state index contributed by atoms with van der Waals surface area (Å²) in [4.78, 5) is 28.7. The highest BCUT2D eigenvalue weighted by molar-refractivity contribution is 7.80. The Hall–Kier alpha value is -3.04. The molecule has 0 unspecified atom stereocenters. The van der Waals surface area contributed by atoms with Gasteiger partial charge in [0.25, 0.3) is 5.91 Å². The van der Waals surface area contributed by atoms with Crippen LogP contribution in [0.1, 0.15) is 49.9 Å². The second-order valence-electron chi connectivity index (χ2n) is 7.13. The van der Waals surface area contributed by atoms with Crippen molar-refractivity contribution in [3.8, 4) is 5.75 Å². The molecule has 0 fully saturated rings. The van der Waals surface area contributed by atoms with Crippen LogP contribution in [0.25, 0.3) is 10.2 Å². The number of benzene rings is 2. The van der Waals surface area contributed by atoms with Gasteiger partial charge < -0.3 is 15.4 Å². The normalized spacial score (nSPS) is 10.6. The van der Waals surface area contributed by atoms with Crippen molar-refractivity contribution >= 4 is 61.5 Å². The van der Waals surface area contributed by atoms with E-state index < -0.39 is 0 Å². The van der Waals surface area contributed by atoms with E-state index in [1.165, 1.54) is 11.3 Å². The molecule has 0 radical (unpaired) electrons. The molecule has 3 N–H and O–H groups in total. The van der Waals surface area contributed by atoms with Gasteiger partial charge in [-0.2, -0.15) is 0 Å². The first-order valence-electron chi connectivity index (χ1n) is 10.5. The number of nitrogens with one attached hydrogen (secondary N) is 3. The first-order chi connectivity index (χ1) is 15.5. The number of nitrogens with zero attached hydrogens (tertiary/aromatic N) is 1. The molecule has 32 heavy (non-hydrogen) atoms. The Morgan fingerprint density at radius 1 is 1.06 bits per heavy atom. The molecule has 3 aromatic rings. The largest absolute Gasteiger partial charge is 0.494 e. The Labute approximate surface area is 196 Å². The van der Waals surface area contributed by atoms with Crippen molar-refractivity contribution in [2.45, 2.75) is 39.5 Å². The molecule has 1 aromatic heterocycles. The Bertz CT molecular complexity index is 1100. The predicted molar refractivity (Wildman–Crippen MR) is 134 cm³/mol. The molecule has 0 atom stereocenters. The fourth-order valence-corrected chi connectivity index (χ4v) is 3.97. The molecule has 0 saturated heterocycles. The number of amides is 2. The van der Waals surface area contributed by atoms with E-state index in [0.29, 0.717) is 23.7 Å². The molecule has 0 saturated carbocycles. The molecule has 0 aliphatic carbocycles. The van der Waals surface area contributed by atoms with Gasteiger partial charge in [0.05, 0.1) is 16.8 Å². The van der Waals surface area contributed by atoms with Crippen LogP contribution in [0.5, 0.6) is 5.75 Å². The summed E-state index contributed by atoms with van der Waals surface area (Å²) in [6, 6.07) is 12.5.